The summed E-state index contributed by atoms with van der Waals surface area (Å²) in [5, 5.41) is 4.33. The van der Waals surface area contributed by atoms with Crippen molar-refractivity contribution < 1.29 is 4.79 Å². The van der Waals surface area contributed by atoms with Gasteiger partial charge >= 0.3 is 0 Å². The van der Waals surface area contributed by atoms with E-state index in [0.717, 1.165) is 17.9 Å². The molecule has 1 aromatic rings. The van der Waals surface area contributed by atoms with Crippen LogP contribution >= 0.6 is 11.8 Å². The van der Waals surface area contributed by atoms with Crippen LogP contribution in [0.2, 0.25) is 0 Å². The molecule has 1 aliphatic heterocycles. The molecule has 0 spiro atoms. The number of benzene rings is 1. The third-order valence-corrected chi connectivity index (χ3v) is 7.43. The van der Waals surface area contributed by atoms with E-state index >= 15 is 0 Å². The first-order valence-corrected chi connectivity index (χ1v) is 12.6. The van der Waals surface area contributed by atoms with Crippen LogP contribution in [0.5, 0.6) is 0 Å². The number of unbranched alkanes of at least 4 members (excludes halogenated alkanes) is 1. The van der Waals surface area contributed by atoms with E-state index < -0.39 is 0 Å². The Labute approximate surface area is 179 Å². The van der Waals surface area contributed by atoms with Crippen molar-refractivity contribution in [2.75, 3.05) is 11.1 Å². The van der Waals surface area contributed by atoms with Gasteiger partial charge in [-0.25, -0.2) is 0 Å². The van der Waals surface area contributed by atoms with Gasteiger partial charge in [0, 0.05) is 29.9 Å². The molecule has 0 bridgehead atoms. The summed E-state index contributed by atoms with van der Waals surface area (Å²) in [5.74, 6) is 1.12. The molecule has 2 saturated carbocycles. The fourth-order valence-corrected chi connectivity index (χ4v) is 5.77. The standard InChI is InChI=1S/C24H35N3OS/c1-2-3-7-18-10-12-20(13-11-18)25-23(28)16-22-17-29-24(27(22)21-14-15-21)26-19-8-5-4-6-9-19/h10-13,19,21-22H,2-9,14-17H2,1H3,(H,25,28). The number of carbonyl (C=O) groups excluding carboxylic acids is 1. The number of amides is 1. The first-order valence-electron chi connectivity index (χ1n) is 11.6. The summed E-state index contributed by atoms with van der Waals surface area (Å²) in [7, 11) is 0. The Bertz CT molecular complexity index is 707. The van der Waals surface area contributed by atoms with Crippen LogP contribution in [0.25, 0.3) is 0 Å². The number of hydrogen-bond acceptors (Lipinski definition) is 3. The second kappa shape index (κ2) is 10.0. The Morgan fingerprint density at radius 1 is 1.14 bits per heavy atom. The molecule has 1 heterocycles. The van der Waals surface area contributed by atoms with Gasteiger partial charge in [-0.2, -0.15) is 0 Å². The minimum atomic E-state index is 0.126. The summed E-state index contributed by atoms with van der Waals surface area (Å²) in [6.45, 7) is 2.21. The Morgan fingerprint density at radius 3 is 2.59 bits per heavy atom. The number of rotatable bonds is 8. The monoisotopic (exact) mass is 413 g/mol. The Hall–Kier alpha value is -1.49. The predicted octanol–water partition coefficient (Wildman–Crippen LogP) is 5.63. The van der Waals surface area contributed by atoms with Gasteiger partial charge in [-0.15, -0.1) is 0 Å². The molecule has 3 aliphatic rings. The van der Waals surface area contributed by atoms with Crippen LogP contribution in [0.4, 0.5) is 5.69 Å². The highest BCUT2D eigenvalue weighted by atomic mass is 32.2. The maximum Gasteiger partial charge on any atom is 0.226 e. The number of carbonyl (C=O) groups is 1. The lowest BCUT2D eigenvalue weighted by Gasteiger charge is -2.27. The highest BCUT2D eigenvalue weighted by molar-refractivity contribution is 8.14. The fourth-order valence-electron chi connectivity index (χ4n) is 4.48. The Morgan fingerprint density at radius 2 is 1.90 bits per heavy atom. The third-order valence-electron chi connectivity index (χ3n) is 6.30. The quantitative estimate of drug-likeness (QED) is 0.601. The number of anilines is 1. The molecular formula is C24H35N3OS. The molecule has 1 N–H and O–H groups in total. The van der Waals surface area contributed by atoms with Gasteiger partial charge in [0.15, 0.2) is 5.17 Å². The smallest absolute Gasteiger partial charge is 0.226 e. The zero-order valence-corrected chi connectivity index (χ0v) is 18.6. The van der Waals surface area contributed by atoms with Gasteiger partial charge in [-0.05, 0) is 56.2 Å². The number of hydrogen-bond donors (Lipinski definition) is 1. The summed E-state index contributed by atoms with van der Waals surface area (Å²) >= 11 is 1.87. The number of amidine groups is 1. The van der Waals surface area contributed by atoms with E-state index in [9.17, 15) is 4.79 Å². The van der Waals surface area contributed by atoms with Gasteiger partial charge in [0.25, 0.3) is 0 Å². The molecule has 158 valence electrons. The highest BCUT2D eigenvalue weighted by Crippen LogP contribution is 2.38. The van der Waals surface area contributed by atoms with Gasteiger partial charge < -0.3 is 10.2 Å². The zero-order valence-electron chi connectivity index (χ0n) is 17.7. The van der Waals surface area contributed by atoms with E-state index in [2.05, 4.69) is 29.3 Å². The van der Waals surface area contributed by atoms with E-state index in [-0.39, 0.29) is 5.91 Å². The molecule has 1 atom stereocenters. The van der Waals surface area contributed by atoms with Crippen molar-refractivity contribution in [3.8, 4) is 0 Å². The van der Waals surface area contributed by atoms with Crippen LogP contribution < -0.4 is 5.32 Å². The summed E-state index contributed by atoms with van der Waals surface area (Å²) in [5.41, 5.74) is 2.26. The molecule has 1 amide bonds. The molecule has 29 heavy (non-hydrogen) atoms. The van der Waals surface area contributed by atoms with Crippen molar-refractivity contribution in [2.45, 2.75) is 95.7 Å². The lowest BCUT2D eigenvalue weighted by Crippen LogP contribution is -2.39. The van der Waals surface area contributed by atoms with E-state index in [0.29, 0.717) is 24.5 Å². The first-order chi connectivity index (χ1) is 14.2. The minimum Gasteiger partial charge on any atom is -0.344 e. The second-order valence-corrected chi connectivity index (χ2v) is 9.85. The SMILES string of the molecule is CCCCc1ccc(NC(=O)CC2CSC(=NC3CCCCC3)N2C2CC2)cc1. The Kier molecular flexibility index (Phi) is 7.17. The summed E-state index contributed by atoms with van der Waals surface area (Å²) < 4.78 is 0. The average Bonchev–Trinajstić information content (AvgIpc) is 3.50. The highest BCUT2D eigenvalue weighted by Gasteiger charge is 2.41. The summed E-state index contributed by atoms with van der Waals surface area (Å²) in [6.07, 6.45) is 13.1. The first kappa shape index (κ1) is 20.8. The molecular weight excluding hydrogens is 378 g/mol. The molecule has 4 rings (SSSR count). The lowest BCUT2D eigenvalue weighted by molar-refractivity contribution is -0.116. The fraction of sp³-hybridized carbons (Fsp3) is 0.667. The van der Waals surface area contributed by atoms with Crippen molar-refractivity contribution in [3.05, 3.63) is 29.8 Å². The van der Waals surface area contributed by atoms with E-state index in [1.165, 1.54) is 68.5 Å². The van der Waals surface area contributed by atoms with E-state index in [4.69, 9.17) is 4.99 Å². The van der Waals surface area contributed by atoms with Crippen molar-refractivity contribution >= 4 is 28.5 Å². The van der Waals surface area contributed by atoms with Crippen LogP contribution in [-0.4, -0.2) is 39.9 Å². The normalized spacial score (nSPS) is 24.2. The van der Waals surface area contributed by atoms with Gasteiger partial charge in [-0.1, -0.05) is 56.5 Å². The van der Waals surface area contributed by atoms with E-state index in [1.54, 1.807) is 0 Å². The number of aliphatic imine (C=N–C) groups is 1. The van der Waals surface area contributed by atoms with E-state index in [1.807, 2.05) is 23.9 Å². The van der Waals surface area contributed by atoms with Gasteiger partial charge in [0.1, 0.15) is 0 Å². The van der Waals surface area contributed by atoms with Crippen molar-refractivity contribution in [1.82, 2.24) is 4.90 Å². The molecule has 1 unspecified atom stereocenters. The molecule has 1 aromatic carbocycles. The minimum absolute atomic E-state index is 0.126. The summed E-state index contributed by atoms with van der Waals surface area (Å²) in [4.78, 5) is 20.3. The second-order valence-electron chi connectivity index (χ2n) is 8.86. The van der Waals surface area contributed by atoms with Crippen molar-refractivity contribution in [3.63, 3.8) is 0 Å². The number of thioether (sulfide) groups is 1. The molecule has 0 radical (unpaired) electrons. The number of nitrogens with zero attached hydrogens (tertiary/aromatic N) is 2. The van der Waals surface area contributed by atoms with Crippen molar-refractivity contribution in [2.24, 2.45) is 4.99 Å². The molecule has 3 fully saturated rings. The predicted molar refractivity (Wildman–Crippen MR) is 124 cm³/mol. The maximum absolute atomic E-state index is 12.7. The van der Waals surface area contributed by atoms with Crippen LogP contribution in [0.1, 0.15) is 76.7 Å². The van der Waals surface area contributed by atoms with Gasteiger partial charge in [0.05, 0.1) is 6.04 Å². The largest absolute Gasteiger partial charge is 0.344 e. The number of aryl methyl sites for hydroxylation is 1. The van der Waals surface area contributed by atoms with Gasteiger partial charge in [0.2, 0.25) is 5.91 Å². The maximum atomic E-state index is 12.7. The van der Waals surface area contributed by atoms with Crippen LogP contribution in [0, 0.1) is 0 Å². The van der Waals surface area contributed by atoms with Crippen LogP contribution in [0.15, 0.2) is 29.3 Å². The molecule has 5 heteroatoms. The lowest BCUT2D eigenvalue weighted by atomic mass is 9.96. The zero-order chi connectivity index (χ0) is 20.1. The molecule has 0 aromatic heterocycles. The van der Waals surface area contributed by atoms with Gasteiger partial charge in [-0.3, -0.25) is 9.79 Å². The average molecular weight is 414 g/mol. The molecule has 4 nitrogen and oxygen atoms in total. The number of nitrogens with one attached hydrogen (secondary N) is 1. The third kappa shape index (κ3) is 5.78. The molecule has 1 saturated heterocycles. The Balaban J connectivity index is 1.33. The van der Waals surface area contributed by atoms with Crippen LogP contribution in [-0.2, 0) is 11.2 Å². The molecule has 2 aliphatic carbocycles. The van der Waals surface area contributed by atoms with Crippen LogP contribution in [0.3, 0.4) is 0 Å². The van der Waals surface area contributed by atoms with Crippen molar-refractivity contribution in [1.29, 1.82) is 0 Å². The summed E-state index contributed by atoms with van der Waals surface area (Å²) in [6, 6.07) is 9.78. The topological polar surface area (TPSA) is 44.7 Å².